The molecule has 0 saturated heterocycles. The number of hydrogen-bond donors (Lipinski definition) is 0. The Labute approximate surface area is 648 Å². The van der Waals surface area contributed by atoms with Crippen molar-refractivity contribution in [1.82, 2.24) is 0 Å². The molecule has 111 heavy (non-hydrogen) atoms. The predicted octanol–water partition coefficient (Wildman–Crippen LogP) is 31.0. The van der Waals surface area contributed by atoms with Crippen LogP contribution in [-0.2, 0) is 0 Å². The van der Waals surface area contributed by atoms with Gasteiger partial charge in [-0.1, -0.05) is 364 Å². The van der Waals surface area contributed by atoms with Gasteiger partial charge in [-0.2, -0.15) is 0 Å². The van der Waals surface area contributed by atoms with E-state index in [1.807, 2.05) is 84.9 Å². The van der Waals surface area contributed by atoms with E-state index in [-0.39, 0.29) is 29.7 Å². The van der Waals surface area contributed by atoms with Gasteiger partial charge in [-0.3, -0.25) is 0 Å². The molecule has 0 saturated carbocycles. The predicted molar refractivity (Wildman–Crippen MR) is 470 cm³/mol. The smallest absolute Gasteiger partial charge is 0.143 e. The van der Waals surface area contributed by atoms with Gasteiger partial charge in [0.25, 0.3) is 0 Å². The highest BCUT2D eigenvalue weighted by atomic mass is 16.3. The summed E-state index contributed by atoms with van der Waals surface area (Å²) in [6.45, 7) is 0. The van der Waals surface area contributed by atoms with Crippen LogP contribution in [0.1, 0.15) is 6.85 Å². The Morgan fingerprint density at radius 1 is 0.162 bits per heavy atom. The lowest BCUT2D eigenvalue weighted by atomic mass is 9.84. The Balaban J connectivity index is 0.000000110. The number of hydrogen-bond acceptors (Lipinski definition) is 3. The summed E-state index contributed by atoms with van der Waals surface area (Å²) in [5, 5.41) is 20.2. The first-order valence-electron chi connectivity index (χ1n) is 40.1. The van der Waals surface area contributed by atoms with Gasteiger partial charge in [0.05, 0.1) is 6.85 Å². The van der Waals surface area contributed by atoms with Crippen LogP contribution in [0.5, 0.6) is 0 Å². The van der Waals surface area contributed by atoms with Gasteiger partial charge in [-0.25, -0.2) is 0 Å². The molecule has 0 aliphatic heterocycles. The van der Waals surface area contributed by atoms with Crippen molar-refractivity contribution in [3.63, 3.8) is 0 Å². The summed E-state index contributed by atoms with van der Waals surface area (Å²) in [5.41, 5.74) is 22.6. The van der Waals surface area contributed by atoms with Crippen molar-refractivity contribution in [3.8, 4) is 89.0 Å². The summed E-state index contributed by atoms with van der Waals surface area (Å²) in [5.74, 6) is 0. The summed E-state index contributed by atoms with van der Waals surface area (Å²) in [7, 11) is 0. The minimum Gasteiger partial charge on any atom is -0.456 e. The zero-order chi connectivity index (χ0) is 77.6. The molecule has 3 heterocycles. The zero-order valence-electron chi connectivity index (χ0n) is 65.1. The van der Waals surface area contributed by atoms with Gasteiger partial charge < -0.3 is 13.3 Å². The number of rotatable bonds is 8. The monoisotopic (exact) mass is 1420 g/mol. The summed E-state index contributed by atoms with van der Waals surface area (Å²) < 4.78 is 61.7. The molecule has 3 aromatic heterocycles. The Kier molecular flexibility index (Phi) is 14.6. The SMILES string of the molecule is [2H]c1c([2H])c([2H])c(-c2c3ccccc3c(-c3ccc(-c4ccccc4)c4oc5ccccc5c34)c3ccccc23)c([2H])c1[2H].c1ccc(-c2c3ccccc3c(-c3cccc4oc5ccccc5c34)c3ccccc23)cc1.c1ccc(-c2ccc3oc4ccc(-c5c6ccccc6c(-c6ccccc6)c6ccccc56)cc4c3c2)cc1. The van der Waals surface area contributed by atoms with Crippen LogP contribution in [0.25, 0.3) is 219 Å². The van der Waals surface area contributed by atoms with E-state index in [2.05, 4.69) is 297 Å². The molecule has 3 heteroatoms. The second-order valence-electron chi connectivity index (χ2n) is 28.3. The second-order valence-corrected chi connectivity index (χ2v) is 28.3. The highest BCUT2D eigenvalue weighted by molar-refractivity contribution is 6.29. The maximum atomic E-state index is 8.84. The average molecular weight is 1420 g/mol. The van der Waals surface area contributed by atoms with Crippen molar-refractivity contribution in [2.75, 3.05) is 0 Å². The molecule has 0 unspecified atom stereocenters. The molecule has 0 atom stereocenters. The third-order valence-corrected chi connectivity index (χ3v) is 22.1. The van der Waals surface area contributed by atoms with Crippen molar-refractivity contribution < 1.29 is 20.1 Å². The number of furan rings is 3. The van der Waals surface area contributed by atoms with E-state index < -0.39 is 6.04 Å². The van der Waals surface area contributed by atoms with Crippen molar-refractivity contribution in [2.24, 2.45) is 0 Å². The molecule has 518 valence electrons. The van der Waals surface area contributed by atoms with Crippen molar-refractivity contribution in [1.29, 1.82) is 0 Å². The molecule has 23 rings (SSSR count). The molecular weight excluding hydrogens is 1350 g/mol. The Hall–Kier alpha value is -14.6. The van der Waals surface area contributed by atoms with E-state index in [9.17, 15) is 0 Å². The minimum absolute atomic E-state index is 0.202. The molecule has 0 aliphatic carbocycles. The van der Waals surface area contributed by atoms with Crippen LogP contribution in [-0.4, -0.2) is 0 Å². The Morgan fingerprint density at radius 2 is 0.468 bits per heavy atom. The van der Waals surface area contributed by atoms with Crippen LogP contribution >= 0.6 is 0 Å². The van der Waals surface area contributed by atoms with Crippen LogP contribution in [0.4, 0.5) is 0 Å². The third kappa shape index (κ3) is 11.0. The first kappa shape index (κ1) is 59.5. The van der Waals surface area contributed by atoms with Crippen molar-refractivity contribution in [3.05, 3.63) is 412 Å². The number of fused-ring (bicyclic) bond motifs is 15. The highest BCUT2D eigenvalue weighted by Gasteiger charge is 2.25. The summed E-state index contributed by atoms with van der Waals surface area (Å²) in [6.07, 6.45) is 0. The lowest BCUT2D eigenvalue weighted by molar-refractivity contribution is 0.668. The van der Waals surface area contributed by atoms with Gasteiger partial charge in [0.2, 0.25) is 0 Å². The molecule has 0 fully saturated rings. The fourth-order valence-corrected chi connectivity index (χ4v) is 17.4. The molecule has 0 N–H and O–H groups in total. The van der Waals surface area contributed by atoms with E-state index in [4.69, 9.17) is 20.1 Å². The van der Waals surface area contributed by atoms with Gasteiger partial charge in [0.15, 0.2) is 0 Å². The van der Waals surface area contributed by atoms with Crippen LogP contribution in [0, 0.1) is 0 Å². The van der Waals surface area contributed by atoms with E-state index in [1.165, 1.54) is 104 Å². The van der Waals surface area contributed by atoms with Crippen molar-refractivity contribution in [2.45, 2.75) is 0 Å². The molecule has 0 amide bonds. The normalized spacial score (nSPS) is 12.2. The maximum absolute atomic E-state index is 8.84. The van der Waals surface area contributed by atoms with Gasteiger partial charge in [-0.15, -0.1) is 0 Å². The summed E-state index contributed by atoms with van der Waals surface area (Å²) in [4.78, 5) is 0. The molecular formula is C108H68O3. The molecule has 3 nitrogen and oxygen atoms in total. The molecule has 0 aliphatic rings. The van der Waals surface area contributed by atoms with Gasteiger partial charge in [0.1, 0.15) is 33.5 Å². The van der Waals surface area contributed by atoms with Crippen LogP contribution in [0.3, 0.4) is 0 Å². The summed E-state index contributed by atoms with van der Waals surface area (Å²) in [6, 6.07) is 132. The van der Waals surface area contributed by atoms with Crippen molar-refractivity contribution >= 4 is 130 Å². The van der Waals surface area contributed by atoms with Gasteiger partial charge in [-0.05, 0) is 197 Å². The van der Waals surface area contributed by atoms with E-state index >= 15 is 0 Å². The Bertz CT molecular complexity index is 7680. The Morgan fingerprint density at radius 3 is 0.928 bits per heavy atom. The lowest BCUT2D eigenvalue weighted by Gasteiger charge is -2.18. The fraction of sp³-hybridized carbons (Fsp3) is 0. The molecule has 0 radical (unpaired) electrons. The van der Waals surface area contributed by atoms with Crippen LogP contribution in [0.2, 0.25) is 0 Å². The van der Waals surface area contributed by atoms with Gasteiger partial charge in [0, 0.05) is 37.9 Å². The van der Waals surface area contributed by atoms with Crippen LogP contribution < -0.4 is 0 Å². The quantitative estimate of drug-likeness (QED) is 0.142. The molecule has 20 aromatic carbocycles. The maximum Gasteiger partial charge on any atom is 0.143 e. The third-order valence-electron chi connectivity index (χ3n) is 22.1. The average Bonchev–Trinajstić information content (AvgIpc) is 1.09. The molecule has 23 aromatic rings. The fourth-order valence-electron chi connectivity index (χ4n) is 17.4. The minimum atomic E-state index is -0.401. The van der Waals surface area contributed by atoms with Gasteiger partial charge >= 0.3 is 0 Å². The van der Waals surface area contributed by atoms with E-state index in [1.54, 1.807) is 0 Å². The van der Waals surface area contributed by atoms with Crippen LogP contribution in [0.15, 0.2) is 426 Å². The van der Waals surface area contributed by atoms with E-state index in [0.29, 0.717) is 5.56 Å². The largest absolute Gasteiger partial charge is 0.456 e. The number of benzene rings is 20. The first-order valence-corrected chi connectivity index (χ1v) is 37.6. The second kappa shape index (κ2) is 27.3. The first-order chi connectivity index (χ1) is 57.2. The lowest BCUT2D eigenvalue weighted by Crippen LogP contribution is -1.91. The van der Waals surface area contributed by atoms with E-state index in [0.717, 1.165) is 104 Å². The standard InChI is InChI=1S/2C38H24O.C32H20O/c1-3-13-25(14-4-1)27-23-24-33(37-32-21-11-12-22-34(32)39-38(27)37)36-30-19-9-7-17-28(30)35(26-15-5-2-6-16-26)29-18-8-10-20-31(29)36;1-3-11-25(12-4-1)27-19-21-35-33(23-27)34-24-28(20-22-36(34)39-35)38-31-17-9-7-15-29(31)37(26-13-5-2-6-14-26)30-16-8-10-18-32(30)38;1-2-11-21(12-3-1)30-22-13-4-6-15-24(22)31(25-16-7-5-14-23(25)30)27-18-10-20-29-32(27)26-17-8-9-19-28(26)33-29/h2*1-24H;1-20H/i2D,5D,6D,15D,16D;;. The highest BCUT2D eigenvalue weighted by Crippen LogP contribution is 2.52. The molecule has 0 bridgehead atoms. The molecule has 0 spiro atoms. The zero-order valence-corrected chi connectivity index (χ0v) is 60.1. The topological polar surface area (TPSA) is 39.4 Å². The number of para-hydroxylation sites is 2. The summed E-state index contributed by atoms with van der Waals surface area (Å²) >= 11 is 0.